The van der Waals surface area contributed by atoms with Gasteiger partial charge in [-0.3, -0.25) is 10.1 Å². The van der Waals surface area contributed by atoms with E-state index in [2.05, 4.69) is 40.5 Å². The number of hydrogen-bond acceptors (Lipinski definition) is 8. The van der Waals surface area contributed by atoms with E-state index in [9.17, 15) is 10.1 Å². The van der Waals surface area contributed by atoms with E-state index in [1.54, 1.807) is 0 Å². The molecule has 2 fully saturated rings. The summed E-state index contributed by atoms with van der Waals surface area (Å²) in [5.74, 6) is 1.76. The zero-order valence-electron chi connectivity index (χ0n) is 15.9. The Balaban J connectivity index is 1.93. The maximum Gasteiger partial charge on any atom is 0.353 e. The molecular weight excluding hydrogens is 334 g/mol. The van der Waals surface area contributed by atoms with E-state index in [4.69, 9.17) is 5.73 Å². The average molecular weight is 363 g/mol. The van der Waals surface area contributed by atoms with Crippen LogP contribution in [0.2, 0.25) is 0 Å². The van der Waals surface area contributed by atoms with Crippen molar-refractivity contribution in [1.29, 1.82) is 0 Å². The van der Waals surface area contributed by atoms with Crippen molar-refractivity contribution in [2.24, 2.45) is 11.8 Å². The number of piperazine rings is 1. The quantitative estimate of drug-likeness (QED) is 0.635. The number of nitrogen functional groups attached to an aromatic ring is 1. The first kappa shape index (κ1) is 18.6. The van der Waals surface area contributed by atoms with Crippen LogP contribution in [0.1, 0.15) is 27.2 Å². The lowest BCUT2D eigenvalue weighted by molar-refractivity contribution is -0.383. The van der Waals surface area contributed by atoms with Crippen molar-refractivity contribution in [3.63, 3.8) is 0 Å². The van der Waals surface area contributed by atoms with E-state index < -0.39 is 4.92 Å². The monoisotopic (exact) mass is 363 g/mol. The Morgan fingerprint density at radius 3 is 2.27 bits per heavy atom. The molecular formula is C17H29N7O2. The van der Waals surface area contributed by atoms with Gasteiger partial charge in [-0.05, 0) is 24.8 Å². The summed E-state index contributed by atoms with van der Waals surface area (Å²) in [6, 6.07) is 0. The number of nitrogens with zero attached hydrogens (tertiary/aromatic N) is 6. The molecule has 2 aliphatic rings. The molecule has 0 bridgehead atoms. The van der Waals surface area contributed by atoms with E-state index in [0.717, 1.165) is 52.2 Å². The molecule has 0 aliphatic carbocycles. The highest BCUT2D eigenvalue weighted by Crippen LogP contribution is 2.36. The number of anilines is 3. The molecule has 1 aromatic heterocycles. The van der Waals surface area contributed by atoms with Gasteiger partial charge in [-0.1, -0.05) is 20.8 Å². The van der Waals surface area contributed by atoms with Gasteiger partial charge < -0.3 is 20.4 Å². The van der Waals surface area contributed by atoms with E-state index in [1.165, 1.54) is 0 Å². The van der Waals surface area contributed by atoms with Gasteiger partial charge in [-0.2, -0.15) is 9.97 Å². The van der Waals surface area contributed by atoms with Crippen molar-refractivity contribution in [1.82, 2.24) is 14.9 Å². The Morgan fingerprint density at radius 2 is 1.73 bits per heavy atom. The molecule has 9 nitrogen and oxygen atoms in total. The maximum atomic E-state index is 11.6. The SMILES string of the molecule is CCN1CCN(c2nc(N)c([N+](=O)[O-])c(N3C[C@H](C)C[C@H](C)C3)n2)CC1. The Kier molecular flexibility index (Phi) is 5.45. The zero-order valence-corrected chi connectivity index (χ0v) is 15.9. The fraction of sp³-hybridized carbons (Fsp3) is 0.765. The summed E-state index contributed by atoms with van der Waals surface area (Å²) in [5, 5.41) is 11.6. The molecule has 0 saturated carbocycles. The fourth-order valence-electron chi connectivity index (χ4n) is 4.08. The first-order valence-electron chi connectivity index (χ1n) is 9.43. The summed E-state index contributed by atoms with van der Waals surface area (Å²) in [7, 11) is 0. The normalized spacial score (nSPS) is 24.7. The molecule has 144 valence electrons. The standard InChI is InChI=1S/C17H29N7O2/c1-4-21-5-7-22(8-6-21)17-19-15(18)14(24(25)26)16(20-17)23-10-12(2)9-13(3)11-23/h12-13H,4-11H2,1-3H3,(H2,18,19,20)/t12-,13+. The minimum atomic E-state index is -0.451. The van der Waals surface area contributed by atoms with Crippen molar-refractivity contribution < 1.29 is 4.92 Å². The summed E-state index contributed by atoms with van der Waals surface area (Å²) in [6.07, 6.45) is 1.12. The van der Waals surface area contributed by atoms with Crippen LogP contribution in [0.15, 0.2) is 0 Å². The molecule has 1 aromatic rings. The Bertz CT molecular complexity index is 651. The highest BCUT2D eigenvalue weighted by atomic mass is 16.6. The summed E-state index contributed by atoms with van der Waals surface area (Å²) in [4.78, 5) is 26.5. The van der Waals surface area contributed by atoms with Gasteiger partial charge in [0.05, 0.1) is 4.92 Å². The minimum Gasteiger partial charge on any atom is -0.378 e. The number of piperidine rings is 1. The van der Waals surface area contributed by atoms with Crippen molar-refractivity contribution >= 4 is 23.3 Å². The van der Waals surface area contributed by atoms with E-state index >= 15 is 0 Å². The van der Waals surface area contributed by atoms with Gasteiger partial charge in [0, 0.05) is 39.3 Å². The maximum absolute atomic E-state index is 11.6. The van der Waals surface area contributed by atoms with Crippen LogP contribution in [0, 0.1) is 22.0 Å². The number of rotatable bonds is 4. The molecule has 3 rings (SSSR count). The van der Waals surface area contributed by atoms with Gasteiger partial charge >= 0.3 is 5.69 Å². The molecule has 2 aliphatic heterocycles. The summed E-state index contributed by atoms with van der Waals surface area (Å²) in [6.45, 7) is 12.5. The molecule has 0 unspecified atom stereocenters. The third-order valence-electron chi connectivity index (χ3n) is 5.33. The average Bonchev–Trinajstić information content (AvgIpc) is 2.60. The Morgan fingerprint density at radius 1 is 1.12 bits per heavy atom. The molecule has 9 heteroatoms. The second kappa shape index (κ2) is 7.61. The van der Waals surface area contributed by atoms with Crippen LogP contribution in [0.4, 0.5) is 23.3 Å². The molecule has 2 N–H and O–H groups in total. The second-order valence-electron chi connectivity index (χ2n) is 7.61. The number of nitro groups is 1. The highest BCUT2D eigenvalue weighted by molar-refractivity contribution is 5.71. The van der Waals surface area contributed by atoms with Crippen LogP contribution in [-0.4, -0.2) is 65.6 Å². The second-order valence-corrected chi connectivity index (χ2v) is 7.61. The van der Waals surface area contributed by atoms with Crippen LogP contribution in [0.3, 0.4) is 0 Å². The summed E-state index contributed by atoms with van der Waals surface area (Å²) < 4.78 is 0. The number of nitrogens with two attached hydrogens (primary N) is 1. The fourth-order valence-corrected chi connectivity index (χ4v) is 4.08. The molecule has 0 spiro atoms. The van der Waals surface area contributed by atoms with Gasteiger partial charge in [-0.25, -0.2) is 0 Å². The van der Waals surface area contributed by atoms with Crippen molar-refractivity contribution in [3.8, 4) is 0 Å². The molecule has 26 heavy (non-hydrogen) atoms. The van der Waals surface area contributed by atoms with Gasteiger partial charge in [0.15, 0.2) is 0 Å². The van der Waals surface area contributed by atoms with E-state index in [-0.39, 0.29) is 11.5 Å². The molecule has 0 aromatic carbocycles. The number of hydrogen-bond donors (Lipinski definition) is 1. The number of likely N-dealkylation sites (N-methyl/N-ethyl adjacent to an activating group) is 1. The predicted octanol–water partition coefficient (Wildman–Crippen LogP) is 1.59. The zero-order chi connectivity index (χ0) is 18.8. The van der Waals surface area contributed by atoms with Crippen molar-refractivity contribution in [3.05, 3.63) is 10.1 Å². The Hall–Kier alpha value is -2.16. The van der Waals surface area contributed by atoms with Crippen LogP contribution < -0.4 is 15.5 Å². The molecule has 0 amide bonds. The third kappa shape index (κ3) is 3.82. The molecule has 2 atom stereocenters. The van der Waals surface area contributed by atoms with E-state index in [1.807, 2.05) is 4.90 Å². The molecule has 3 heterocycles. The lowest BCUT2D eigenvalue weighted by atomic mass is 9.92. The van der Waals surface area contributed by atoms with Crippen LogP contribution >= 0.6 is 0 Å². The molecule has 2 saturated heterocycles. The minimum absolute atomic E-state index is 0.0428. The van der Waals surface area contributed by atoms with Crippen molar-refractivity contribution in [2.45, 2.75) is 27.2 Å². The topological polar surface area (TPSA) is 105 Å². The first-order chi connectivity index (χ1) is 12.4. The highest BCUT2D eigenvalue weighted by Gasteiger charge is 2.32. The summed E-state index contributed by atoms with van der Waals surface area (Å²) in [5.41, 5.74) is 5.84. The van der Waals surface area contributed by atoms with Crippen LogP contribution in [-0.2, 0) is 0 Å². The number of aromatic nitrogens is 2. The summed E-state index contributed by atoms with van der Waals surface area (Å²) >= 11 is 0. The smallest absolute Gasteiger partial charge is 0.353 e. The lowest BCUT2D eigenvalue weighted by Gasteiger charge is -2.37. The molecule has 0 radical (unpaired) electrons. The van der Waals surface area contributed by atoms with E-state index in [0.29, 0.717) is 23.6 Å². The lowest BCUT2D eigenvalue weighted by Crippen LogP contribution is -2.47. The van der Waals surface area contributed by atoms with Gasteiger partial charge in [0.25, 0.3) is 0 Å². The van der Waals surface area contributed by atoms with Crippen LogP contribution in [0.25, 0.3) is 0 Å². The van der Waals surface area contributed by atoms with Gasteiger partial charge in [0.1, 0.15) is 0 Å². The Labute approximate surface area is 154 Å². The van der Waals surface area contributed by atoms with Gasteiger partial charge in [0.2, 0.25) is 17.6 Å². The van der Waals surface area contributed by atoms with Crippen molar-refractivity contribution in [2.75, 3.05) is 61.3 Å². The predicted molar refractivity (Wildman–Crippen MR) is 103 cm³/mol. The first-order valence-corrected chi connectivity index (χ1v) is 9.43. The van der Waals surface area contributed by atoms with Crippen LogP contribution in [0.5, 0.6) is 0 Å². The largest absolute Gasteiger partial charge is 0.378 e. The third-order valence-corrected chi connectivity index (χ3v) is 5.33. The van der Waals surface area contributed by atoms with Gasteiger partial charge in [-0.15, -0.1) is 0 Å².